The fourth-order valence-electron chi connectivity index (χ4n) is 3.66. The zero-order chi connectivity index (χ0) is 22.8. The molecule has 0 amide bonds. The summed E-state index contributed by atoms with van der Waals surface area (Å²) in [5.74, 6) is 0.0893. The minimum absolute atomic E-state index is 0.0274. The third-order valence-corrected chi connectivity index (χ3v) is 6.14. The highest BCUT2D eigenvalue weighted by Gasteiger charge is 2.33. The van der Waals surface area contributed by atoms with Crippen molar-refractivity contribution in [3.05, 3.63) is 90.6 Å². The van der Waals surface area contributed by atoms with Crippen molar-refractivity contribution in [3.8, 4) is 11.5 Å². The standard InChI is InChI=1S/C24H22N2O5S/c1-4-31-23(29)20-14(2)25-24-26(21(20)15-8-6-5-7-9-15)22(28)19(32-24)13-16-12-17(30-3)10-11-18(16)27/h5-13,21,27H,4H2,1-3H3/b19-13-. The number of hydrogen-bond donors (Lipinski definition) is 1. The summed E-state index contributed by atoms with van der Waals surface area (Å²) in [5.41, 5.74) is 1.77. The quantitative estimate of drug-likeness (QED) is 0.604. The van der Waals surface area contributed by atoms with E-state index in [1.165, 1.54) is 29.1 Å². The Labute approximate surface area is 188 Å². The van der Waals surface area contributed by atoms with Gasteiger partial charge in [-0.15, -0.1) is 0 Å². The Morgan fingerprint density at radius 1 is 1.25 bits per heavy atom. The molecule has 0 spiro atoms. The van der Waals surface area contributed by atoms with Crippen LogP contribution >= 0.6 is 11.3 Å². The summed E-state index contributed by atoms with van der Waals surface area (Å²) in [6, 6.07) is 13.5. The first-order valence-corrected chi connectivity index (χ1v) is 10.9. The van der Waals surface area contributed by atoms with E-state index in [1.54, 1.807) is 32.1 Å². The van der Waals surface area contributed by atoms with E-state index in [0.29, 0.717) is 31.9 Å². The van der Waals surface area contributed by atoms with Gasteiger partial charge in [-0.25, -0.2) is 9.79 Å². The number of fused-ring (bicyclic) bond motifs is 1. The van der Waals surface area contributed by atoms with E-state index < -0.39 is 12.0 Å². The molecule has 32 heavy (non-hydrogen) atoms. The topological polar surface area (TPSA) is 90.1 Å². The van der Waals surface area contributed by atoms with Gasteiger partial charge in [0.2, 0.25) is 0 Å². The number of benzene rings is 2. The van der Waals surface area contributed by atoms with E-state index in [1.807, 2.05) is 30.3 Å². The number of thiazole rings is 1. The van der Waals surface area contributed by atoms with Crippen LogP contribution in [0.1, 0.15) is 31.0 Å². The molecular formula is C24H22N2O5S. The number of aromatic hydroxyl groups is 1. The van der Waals surface area contributed by atoms with Crippen LogP contribution in [0.2, 0.25) is 0 Å². The monoisotopic (exact) mass is 450 g/mol. The van der Waals surface area contributed by atoms with E-state index in [2.05, 4.69) is 4.99 Å². The summed E-state index contributed by atoms with van der Waals surface area (Å²) in [6.07, 6.45) is 1.60. The van der Waals surface area contributed by atoms with Crippen LogP contribution in [0, 0.1) is 0 Å². The van der Waals surface area contributed by atoms with Gasteiger partial charge in [-0.05, 0) is 43.7 Å². The molecule has 3 aromatic rings. The number of phenolic OH excluding ortho intramolecular Hbond substituents is 1. The van der Waals surface area contributed by atoms with E-state index in [4.69, 9.17) is 9.47 Å². The molecule has 1 N–H and O–H groups in total. The Morgan fingerprint density at radius 3 is 2.69 bits per heavy atom. The Bertz CT molecular complexity index is 1390. The minimum atomic E-state index is -0.660. The molecule has 8 heteroatoms. The molecule has 2 aromatic carbocycles. The van der Waals surface area contributed by atoms with Crippen molar-refractivity contribution in [2.75, 3.05) is 13.7 Å². The molecule has 1 unspecified atom stereocenters. The maximum Gasteiger partial charge on any atom is 0.338 e. The molecule has 0 fully saturated rings. The Balaban J connectivity index is 1.96. The average Bonchev–Trinajstić information content (AvgIpc) is 3.09. The molecule has 0 saturated heterocycles. The summed E-state index contributed by atoms with van der Waals surface area (Å²) in [6.45, 7) is 3.70. The SMILES string of the molecule is CCOC(=O)C1=C(C)N=c2s/c(=C\c3cc(OC)ccc3O)c(=O)n2C1c1ccccc1. The maximum absolute atomic E-state index is 13.5. The molecule has 7 nitrogen and oxygen atoms in total. The molecule has 4 rings (SSSR count). The van der Waals surface area contributed by atoms with E-state index >= 15 is 0 Å². The number of methoxy groups -OCH3 is 1. The van der Waals surface area contributed by atoms with Crippen LogP contribution in [0.4, 0.5) is 0 Å². The van der Waals surface area contributed by atoms with Crippen molar-refractivity contribution >= 4 is 23.4 Å². The lowest BCUT2D eigenvalue weighted by atomic mass is 9.96. The number of phenols is 1. The van der Waals surface area contributed by atoms with Gasteiger partial charge in [0.1, 0.15) is 11.5 Å². The van der Waals surface area contributed by atoms with Crippen LogP contribution in [0.3, 0.4) is 0 Å². The van der Waals surface area contributed by atoms with Crippen molar-refractivity contribution in [2.24, 2.45) is 4.99 Å². The number of nitrogens with zero attached hydrogens (tertiary/aromatic N) is 2. The van der Waals surface area contributed by atoms with Gasteiger partial charge < -0.3 is 14.6 Å². The fourth-order valence-corrected chi connectivity index (χ4v) is 4.70. The first-order chi connectivity index (χ1) is 15.4. The maximum atomic E-state index is 13.5. The lowest BCUT2D eigenvalue weighted by molar-refractivity contribution is -0.139. The molecule has 1 atom stereocenters. The predicted molar refractivity (Wildman–Crippen MR) is 121 cm³/mol. The van der Waals surface area contributed by atoms with Crippen molar-refractivity contribution in [2.45, 2.75) is 19.9 Å². The van der Waals surface area contributed by atoms with E-state index in [-0.39, 0.29) is 17.9 Å². The summed E-state index contributed by atoms with van der Waals surface area (Å²) in [4.78, 5) is 31.3. The van der Waals surface area contributed by atoms with E-state index in [9.17, 15) is 14.7 Å². The van der Waals surface area contributed by atoms with Gasteiger partial charge in [0.05, 0.1) is 35.6 Å². The normalized spacial score (nSPS) is 15.8. The summed E-state index contributed by atoms with van der Waals surface area (Å²) < 4.78 is 12.4. The predicted octanol–water partition coefficient (Wildman–Crippen LogP) is 2.51. The number of ether oxygens (including phenoxy) is 2. The number of allylic oxidation sites excluding steroid dienone is 1. The van der Waals surface area contributed by atoms with Gasteiger partial charge in [0, 0.05) is 5.56 Å². The summed E-state index contributed by atoms with van der Waals surface area (Å²) >= 11 is 1.20. The fraction of sp³-hybridized carbons (Fsp3) is 0.208. The molecule has 1 aliphatic rings. The van der Waals surface area contributed by atoms with Crippen molar-refractivity contribution in [1.29, 1.82) is 0 Å². The third kappa shape index (κ3) is 3.85. The summed E-state index contributed by atoms with van der Waals surface area (Å²) in [7, 11) is 1.53. The van der Waals surface area contributed by atoms with Gasteiger partial charge in [0.15, 0.2) is 4.80 Å². The first kappa shape index (κ1) is 21.6. The van der Waals surface area contributed by atoms with Crippen LogP contribution in [-0.2, 0) is 9.53 Å². The number of aromatic nitrogens is 1. The molecule has 1 aliphatic heterocycles. The zero-order valence-electron chi connectivity index (χ0n) is 17.9. The largest absolute Gasteiger partial charge is 0.507 e. The highest BCUT2D eigenvalue weighted by molar-refractivity contribution is 7.07. The number of carbonyl (C=O) groups excluding carboxylic acids is 1. The molecule has 2 heterocycles. The van der Waals surface area contributed by atoms with Crippen LogP contribution in [0.25, 0.3) is 6.08 Å². The molecule has 0 aliphatic carbocycles. The molecule has 0 radical (unpaired) electrons. The van der Waals surface area contributed by atoms with Gasteiger partial charge in [-0.3, -0.25) is 9.36 Å². The number of carbonyl (C=O) groups is 1. The molecule has 164 valence electrons. The number of esters is 1. The second kappa shape index (κ2) is 8.84. The molecule has 0 bridgehead atoms. The van der Waals surface area contributed by atoms with Crippen LogP contribution < -0.4 is 19.6 Å². The lowest BCUT2D eigenvalue weighted by Gasteiger charge is -2.24. The van der Waals surface area contributed by atoms with Crippen LogP contribution in [0.15, 0.2) is 69.6 Å². The smallest absolute Gasteiger partial charge is 0.338 e. The Hall–Kier alpha value is -3.65. The molecule has 0 saturated carbocycles. The number of rotatable bonds is 5. The summed E-state index contributed by atoms with van der Waals surface area (Å²) in [5, 5.41) is 10.2. The molecular weight excluding hydrogens is 428 g/mol. The lowest BCUT2D eigenvalue weighted by Crippen LogP contribution is -2.39. The van der Waals surface area contributed by atoms with Crippen molar-refractivity contribution < 1.29 is 19.4 Å². The van der Waals surface area contributed by atoms with E-state index in [0.717, 1.165) is 5.56 Å². The van der Waals surface area contributed by atoms with Gasteiger partial charge in [0.25, 0.3) is 5.56 Å². The van der Waals surface area contributed by atoms with Gasteiger partial charge >= 0.3 is 5.97 Å². The van der Waals surface area contributed by atoms with Crippen molar-refractivity contribution in [3.63, 3.8) is 0 Å². The van der Waals surface area contributed by atoms with Crippen LogP contribution in [-0.4, -0.2) is 29.4 Å². The van der Waals surface area contributed by atoms with Gasteiger partial charge in [-0.1, -0.05) is 41.7 Å². The van der Waals surface area contributed by atoms with Crippen molar-refractivity contribution in [1.82, 2.24) is 4.57 Å². The van der Waals surface area contributed by atoms with Crippen LogP contribution in [0.5, 0.6) is 11.5 Å². The molecule has 1 aromatic heterocycles. The first-order valence-electron chi connectivity index (χ1n) is 10.1. The van der Waals surface area contributed by atoms with Gasteiger partial charge in [-0.2, -0.15) is 0 Å². The Morgan fingerprint density at radius 2 is 2.00 bits per heavy atom. The second-order valence-corrected chi connectivity index (χ2v) is 8.15. The number of hydrogen-bond acceptors (Lipinski definition) is 7. The minimum Gasteiger partial charge on any atom is -0.507 e. The average molecular weight is 451 g/mol. The third-order valence-electron chi connectivity index (χ3n) is 5.15. The second-order valence-electron chi connectivity index (χ2n) is 7.14. The zero-order valence-corrected chi connectivity index (χ0v) is 18.7. The Kier molecular flexibility index (Phi) is 5.96. The highest BCUT2D eigenvalue weighted by Crippen LogP contribution is 2.30. The highest BCUT2D eigenvalue weighted by atomic mass is 32.1.